The van der Waals surface area contributed by atoms with Crippen LogP contribution in [0.5, 0.6) is 0 Å². The predicted molar refractivity (Wildman–Crippen MR) is 94.6 cm³/mol. The van der Waals surface area contributed by atoms with Crippen LogP contribution in [0.15, 0.2) is 41.4 Å². The Morgan fingerprint density at radius 1 is 1.32 bits per heavy atom. The summed E-state index contributed by atoms with van der Waals surface area (Å²) in [6.07, 6.45) is 2.92. The standard InChI is InChI=1S/C16H15N3O4S.ClH/c20-16(21)15-11(3-1-7-17-15)10-5-6-12-13(9-10)24(22,23)18-14-4-2-8-19(12)14;/h1,3,5-7,9,14,18H,2,4,8H2,(H,20,21);1H. The van der Waals surface area contributed by atoms with Crippen LogP contribution in [0.3, 0.4) is 0 Å². The third-order valence-electron chi connectivity index (χ3n) is 4.42. The molecule has 1 aromatic heterocycles. The molecule has 9 heteroatoms. The van der Waals surface area contributed by atoms with E-state index in [1.165, 1.54) is 12.3 Å². The van der Waals surface area contributed by atoms with Gasteiger partial charge in [0.05, 0.1) is 11.9 Å². The van der Waals surface area contributed by atoms with E-state index in [2.05, 4.69) is 9.71 Å². The number of aromatic carboxylic acids is 1. The number of hydrogen-bond acceptors (Lipinski definition) is 5. The average molecular weight is 382 g/mol. The summed E-state index contributed by atoms with van der Waals surface area (Å²) in [4.78, 5) is 17.5. The van der Waals surface area contributed by atoms with Crippen molar-refractivity contribution in [3.05, 3.63) is 42.2 Å². The Morgan fingerprint density at radius 3 is 2.88 bits per heavy atom. The zero-order valence-corrected chi connectivity index (χ0v) is 14.7. The SMILES string of the molecule is Cl.O=C(O)c1ncccc1-c1ccc2c(c1)S(=O)(=O)NC1CCCN21. The van der Waals surface area contributed by atoms with E-state index in [-0.39, 0.29) is 29.2 Å². The number of carboxylic acids is 1. The van der Waals surface area contributed by atoms with Crippen LogP contribution in [-0.4, -0.2) is 37.2 Å². The van der Waals surface area contributed by atoms with Crippen LogP contribution in [0.2, 0.25) is 0 Å². The van der Waals surface area contributed by atoms with Crippen molar-refractivity contribution in [2.45, 2.75) is 23.9 Å². The fourth-order valence-electron chi connectivity index (χ4n) is 3.36. The highest BCUT2D eigenvalue weighted by atomic mass is 35.5. The summed E-state index contributed by atoms with van der Waals surface area (Å²) in [5, 5.41) is 9.29. The van der Waals surface area contributed by atoms with Gasteiger partial charge in [0.1, 0.15) is 4.90 Å². The Bertz CT molecular complexity index is 948. The normalized spacial score (nSPS) is 20.3. The van der Waals surface area contributed by atoms with Gasteiger partial charge in [-0.2, -0.15) is 4.72 Å². The Kier molecular flexibility index (Phi) is 4.44. The van der Waals surface area contributed by atoms with Crippen LogP contribution < -0.4 is 9.62 Å². The summed E-state index contributed by atoms with van der Waals surface area (Å²) >= 11 is 0. The molecule has 1 saturated heterocycles. The van der Waals surface area contributed by atoms with E-state index in [1.807, 2.05) is 4.90 Å². The first-order valence-electron chi connectivity index (χ1n) is 7.59. The zero-order chi connectivity index (χ0) is 16.9. The van der Waals surface area contributed by atoms with Gasteiger partial charge < -0.3 is 10.0 Å². The van der Waals surface area contributed by atoms with Crippen LogP contribution in [0.25, 0.3) is 11.1 Å². The molecule has 0 spiro atoms. The van der Waals surface area contributed by atoms with Crippen molar-refractivity contribution in [2.24, 2.45) is 0 Å². The third-order valence-corrected chi connectivity index (χ3v) is 5.91. The van der Waals surface area contributed by atoms with Gasteiger partial charge in [0.2, 0.25) is 10.0 Å². The lowest BCUT2D eigenvalue weighted by Gasteiger charge is -2.34. The zero-order valence-electron chi connectivity index (χ0n) is 13.0. The molecule has 4 rings (SSSR count). The summed E-state index contributed by atoms with van der Waals surface area (Å²) in [7, 11) is -3.62. The maximum Gasteiger partial charge on any atom is 0.355 e. The second-order valence-corrected chi connectivity index (χ2v) is 7.54. The van der Waals surface area contributed by atoms with Crippen molar-refractivity contribution in [3.8, 4) is 11.1 Å². The smallest absolute Gasteiger partial charge is 0.355 e. The maximum atomic E-state index is 12.5. The summed E-state index contributed by atoms with van der Waals surface area (Å²) < 4.78 is 27.8. The number of nitrogens with one attached hydrogen (secondary N) is 1. The molecule has 2 aromatic rings. The molecule has 2 N–H and O–H groups in total. The first-order valence-corrected chi connectivity index (χ1v) is 9.07. The number of halogens is 1. The first-order chi connectivity index (χ1) is 11.5. The lowest BCUT2D eigenvalue weighted by molar-refractivity contribution is 0.0691. The highest BCUT2D eigenvalue weighted by Crippen LogP contribution is 2.38. The Hall–Kier alpha value is -2.16. The lowest BCUT2D eigenvalue weighted by Crippen LogP contribution is -2.48. The molecule has 132 valence electrons. The number of sulfonamides is 1. The fourth-order valence-corrected chi connectivity index (χ4v) is 4.84. The van der Waals surface area contributed by atoms with Crippen LogP contribution in [-0.2, 0) is 10.0 Å². The van der Waals surface area contributed by atoms with Gasteiger partial charge in [0.15, 0.2) is 5.69 Å². The van der Waals surface area contributed by atoms with Crippen LogP contribution in [0.4, 0.5) is 5.69 Å². The molecule has 1 fully saturated rings. The number of anilines is 1. The summed E-state index contributed by atoms with van der Waals surface area (Å²) in [6, 6.07) is 8.28. The van der Waals surface area contributed by atoms with E-state index in [0.29, 0.717) is 16.8 Å². The molecule has 0 amide bonds. The van der Waals surface area contributed by atoms with E-state index >= 15 is 0 Å². The third kappa shape index (κ3) is 2.86. The van der Waals surface area contributed by atoms with Crippen molar-refractivity contribution in [3.63, 3.8) is 0 Å². The Morgan fingerprint density at radius 2 is 2.12 bits per heavy atom. The summed E-state index contributed by atoms with van der Waals surface area (Å²) in [5.74, 6) is -1.15. The van der Waals surface area contributed by atoms with Crippen LogP contribution >= 0.6 is 12.4 Å². The van der Waals surface area contributed by atoms with E-state index in [1.54, 1.807) is 24.3 Å². The van der Waals surface area contributed by atoms with E-state index in [4.69, 9.17) is 0 Å². The van der Waals surface area contributed by atoms with Crippen LogP contribution in [0, 0.1) is 0 Å². The molecule has 0 aliphatic carbocycles. The summed E-state index contributed by atoms with van der Waals surface area (Å²) in [5.41, 5.74) is 1.48. The highest BCUT2D eigenvalue weighted by molar-refractivity contribution is 7.89. The van der Waals surface area contributed by atoms with Crippen molar-refractivity contribution in [1.29, 1.82) is 0 Å². The molecule has 0 saturated carbocycles. The maximum absolute atomic E-state index is 12.5. The Labute approximate surface area is 151 Å². The fraction of sp³-hybridized carbons (Fsp3) is 0.250. The monoisotopic (exact) mass is 381 g/mol. The minimum Gasteiger partial charge on any atom is -0.476 e. The van der Waals surface area contributed by atoms with Crippen molar-refractivity contribution < 1.29 is 18.3 Å². The van der Waals surface area contributed by atoms with E-state index in [0.717, 1.165) is 19.4 Å². The topological polar surface area (TPSA) is 99.6 Å². The second-order valence-electron chi connectivity index (χ2n) is 5.86. The minimum atomic E-state index is -3.62. The summed E-state index contributed by atoms with van der Waals surface area (Å²) in [6.45, 7) is 0.798. The molecule has 0 bridgehead atoms. The average Bonchev–Trinajstić information content (AvgIpc) is 3.02. The van der Waals surface area contributed by atoms with Crippen molar-refractivity contribution >= 4 is 34.1 Å². The Balaban J connectivity index is 0.00000182. The molecular weight excluding hydrogens is 366 g/mol. The lowest BCUT2D eigenvalue weighted by atomic mass is 10.0. The molecule has 0 radical (unpaired) electrons. The van der Waals surface area contributed by atoms with Crippen LogP contribution in [0.1, 0.15) is 23.3 Å². The molecule has 1 aromatic carbocycles. The number of hydrogen-bond donors (Lipinski definition) is 2. The largest absolute Gasteiger partial charge is 0.476 e. The molecular formula is C16H16ClN3O4S. The molecule has 3 heterocycles. The van der Waals surface area contributed by atoms with E-state index < -0.39 is 16.0 Å². The quantitative estimate of drug-likeness (QED) is 0.826. The molecule has 2 aliphatic heterocycles. The van der Waals surface area contributed by atoms with Gasteiger partial charge in [-0.25, -0.2) is 18.2 Å². The van der Waals surface area contributed by atoms with Crippen molar-refractivity contribution in [2.75, 3.05) is 11.4 Å². The number of nitrogens with zero attached hydrogens (tertiary/aromatic N) is 2. The van der Waals surface area contributed by atoms with Gasteiger partial charge in [-0.05, 0) is 36.6 Å². The minimum absolute atomic E-state index is 0. The number of benzene rings is 1. The number of pyridine rings is 1. The van der Waals surface area contributed by atoms with Gasteiger partial charge >= 0.3 is 5.97 Å². The molecule has 1 atom stereocenters. The number of fused-ring (bicyclic) bond motifs is 3. The molecule has 25 heavy (non-hydrogen) atoms. The molecule has 2 aliphatic rings. The van der Waals surface area contributed by atoms with Gasteiger partial charge in [0, 0.05) is 18.3 Å². The van der Waals surface area contributed by atoms with Gasteiger partial charge in [-0.3, -0.25) is 0 Å². The predicted octanol–water partition coefficient (Wildman–Crippen LogP) is 2.09. The number of carboxylic acid groups (broad SMARTS) is 1. The van der Waals surface area contributed by atoms with Crippen molar-refractivity contribution in [1.82, 2.24) is 9.71 Å². The van der Waals surface area contributed by atoms with Gasteiger partial charge in [-0.1, -0.05) is 12.1 Å². The first kappa shape index (κ1) is 17.7. The van der Waals surface area contributed by atoms with Gasteiger partial charge in [-0.15, -0.1) is 12.4 Å². The van der Waals surface area contributed by atoms with E-state index in [9.17, 15) is 18.3 Å². The second kappa shape index (κ2) is 6.29. The highest BCUT2D eigenvalue weighted by Gasteiger charge is 2.37. The number of carbonyl (C=O) groups is 1. The number of rotatable bonds is 2. The molecule has 7 nitrogen and oxygen atoms in total. The molecule has 1 unspecified atom stereocenters. The van der Waals surface area contributed by atoms with Gasteiger partial charge in [0.25, 0.3) is 0 Å². The number of aromatic nitrogens is 1.